The first-order valence-corrected chi connectivity index (χ1v) is 11.7. The molecule has 0 N–H and O–H groups in total. The minimum atomic E-state index is -3.57. The minimum Gasteiger partial charge on any atom is -0.444 e. The van der Waals surface area contributed by atoms with Gasteiger partial charge in [-0.05, 0) is 40.5 Å². The fourth-order valence-corrected chi connectivity index (χ4v) is 4.16. The van der Waals surface area contributed by atoms with Crippen LogP contribution in [-0.2, 0) is 21.1 Å². The Morgan fingerprint density at radius 1 is 1.23 bits per heavy atom. The molecule has 0 spiro atoms. The van der Waals surface area contributed by atoms with Crippen LogP contribution in [0, 0.1) is 0 Å². The molecule has 1 aromatic heterocycles. The molecular formula is C19H29N5O5S. The molecule has 30 heavy (non-hydrogen) atoms. The van der Waals surface area contributed by atoms with Crippen molar-refractivity contribution in [2.45, 2.75) is 63.4 Å². The Morgan fingerprint density at radius 2 is 1.83 bits per heavy atom. The molecule has 0 saturated carbocycles. The number of carbonyl (C=O) groups is 2. The maximum atomic E-state index is 13.1. The fraction of sp³-hybridized carbons (Fsp3) is 0.684. The number of hydrogen-bond acceptors (Lipinski definition) is 7. The lowest BCUT2D eigenvalue weighted by Gasteiger charge is -2.49. The Hall–Kier alpha value is -2.43. The lowest BCUT2D eigenvalue weighted by molar-refractivity contribution is 0.00461. The zero-order valence-electron chi connectivity index (χ0n) is 18.3. The van der Waals surface area contributed by atoms with E-state index in [9.17, 15) is 18.0 Å². The van der Waals surface area contributed by atoms with Crippen LogP contribution in [0.2, 0.25) is 0 Å². The van der Waals surface area contributed by atoms with Crippen molar-refractivity contribution >= 4 is 27.8 Å². The van der Waals surface area contributed by atoms with Gasteiger partial charge < -0.3 is 14.5 Å². The Morgan fingerprint density at radius 3 is 2.37 bits per heavy atom. The zero-order chi connectivity index (χ0) is 22.5. The van der Waals surface area contributed by atoms with Crippen LogP contribution in [-0.4, -0.2) is 77.8 Å². The van der Waals surface area contributed by atoms with E-state index in [0.717, 1.165) is 6.26 Å². The number of aromatic nitrogens is 2. The second kappa shape index (κ2) is 7.36. The number of piperidine rings is 1. The zero-order valence-corrected chi connectivity index (χ0v) is 19.1. The van der Waals surface area contributed by atoms with E-state index in [-0.39, 0.29) is 23.8 Å². The van der Waals surface area contributed by atoms with Crippen molar-refractivity contribution in [1.82, 2.24) is 19.8 Å². The Labute approximate surface area is 177 Å². The van der Waals surface area contributed by atoms with Gasteiger partial charge >= 0.3 is 12.1 Å². The van der Waals surface area contributed by atoms with Crippen LogP contribution in [0.25, 0.3) is 0 Å². The summed E-state index contributed by atoms with van der Waals surface area (Å²) in [4.78, 5) is 38.3. The summed E-state index contributed by atoms with van der Waals surface area (Å²) >= 11 is 0. The van der Waals surface area contributed by atoms with Gasteiger partial charge in [-0.2, -0.15) is 0 Å². The van der Waals surface area contributed by atoms with Gasteiger partial charge in [0.1, 0.15) is 11.4 Å². The van der Waals surface area contributed by atoms with Crippen LogP contribution in [0.3, 0.4) is 0 Å². The van der Waals surface area contributed by atoms with Crippen LogP contribution in [0.15, 0.2) is 11.4 Å². The third kappa shape index (κ3) is 4.35. The predicted octanol–water partition coefficient (Wildman–Crippen LogP) is 2.04. The molecule has 1 aromatic rings. The second-order valence-corrected chi connectivity index (χ2v) is 11.1. The second-order valence-electron chi connectivity index (χ2n) is 9.17. The largest absolute Gasteiger partial charge is 0.444 e. The van der Waals surface area contributed by atoms with Gasteiger partial charge in [0.25, 0.3) is 0 Å². The van der Waals surface area contributed by atoms with Gasteiger partial charge in [0.2, 0.25) is 15.0 Å². The third-order valence-electron chi connectivity index (χ3n) is 5.46. The van der Waals surface area contributed by atoms with Crippen LogP contribution < -0.4 is 4.90 Å². The summed E-state index contributed by atoms with van der Waals surface area (Å²) in [7, 11) is -2.00. The van der Waals surface area contributed by atoms with E-state index < -0.39 is 21.0 Å². The maximum absolute atomic E-state index is 13.1. The number of sulfone groups is 1. The molecule has 3 rings (SSSR count). The summed E-state index contributed by atoms with van der Waals surface area (Å²) in [6.45, 7) is 8.74. The lowest BCUT2D eigenvalue weighted by Crippen LogP contribution is -2.60. The van der Waals surface area contributed by atoms with E-state index in [1.165, 1.54) is 11.1 Å². The number of amides is 3. The number of carbonyl (C=O) groups excluding carboxylic acids is 2. The Bertz CT molecular complexity index is 964. The van der Waals surface area contributed by atoms with Gasteiger partial charge in [0, 0.05) is 43.7 Å². The smallest absolute Gasteiger partial charge is 0.410 e. The highest BCUT2D eigenvalue weighted by molar-refractivity contribution is 7.90. The molecule has 2 aliphatic heterocycles. The SMILES string of the molecule is CN1C(=O)N(C2(C)CCN(C(=O)OC(C)(C)C)CC2)Cc2cnc(S(C)(=O)=O)nc21. The molecule has 3 amide bonds. The number of fused-ring (bicyclic) bond motifs is 1. The first-order chi connectivity index (χ1) is 13.7. The number of rotatable bonds is 2. The van der Waals surface area contributed by atoms with Crippen molar-refractivity contribution in [3.05, 3.63) is 11.8 Å². The van der Waals surface area contributed by atoms with Crippen molar-refractivity contribution in [2.24, 2.45) is 0 Å². The van der Waals surface area contributed by atoms with Crippen molar-refractivity contribution in [3.63, 3.8) is 0 Å². The summed E-state index contributed by atoms with van der Waals surface area (Å²) < 4.78 is 29.0. The first-order valence-electron chi connectivity index (χ1n) is 9.80. The predicted molar refractivity (Wildman–Crippen MR) is 110 cm³/mol. The van der Waals surface area contributed by atoms with Gasteiger partial charge in [-0.15, -0.1) is 0 Å². The molecule has 0 aromatic carbocycles. The average molecular weight is 440 g/mol. The standard InChI is InChI=1S/C19H29N5O5S/c1-18(2,3)29-17(26)23-9-7-19(4,8-10-23)24-12-13-11-20-15(30(6,27)28)21-14(13)22(5)16(24)25/h11H,7-10,12H2,1-6H3. The van der Waals surface area contributed by atoms with Gasteiger partial charge in [-0.25, -0.2) is 28.0 Å². The number of anilines is 1. The molecule has 1 saturated heterocycles. The average Bonchev–Trinajstić information content (AvgIpc) is 2.62. The van der Waals surface area contributed by atoms with E-state index in [2.05, 4.69) is 9.97 Å². The molecule has 0 atom stereocenters. The molecule has 0 aliphatic carbocycles. The van der Waals surface area contributed by atoms with Gasteiger partial charge in [-0.3, -0.25) is 4.90 Å². The van der Waals surface area contributed by atoms with Crippen molar-refractivity contribution in [3.8, 4) is 0 Å². The first kappa shape index (κ1) is 22.3. The molecule has 2 aliphatic rings. The number of nitrogens with zero attached hydrogens (tertiary/aromatic N) is 5. The van der Waals surface area contributed by atoms with E-state index in [0.29, 0.717) is 37.3 Å². The lowest BCUT2D eigenvalue weighted by atomic mass is 9.87. The van der Waals surface area contributed by atoms with E-state index in [4.69, 9.17) is 4.74 Å². The number of ether oxygens (including phenoxy) is 1. The summed E-state index contributed by atoms with van der Waals surface area (Å²) in [6.07, 6.45) is 3.35. The summed E-state index contributed by atoms with van der Waals surface area (Å²) in [5, 5.41) is -0.300. The maximum Gasteiger partial charge on any atom is 0.410 e. The fourth-order valence-electron chi connectivity index (χ4n) is 3.66. The molecular weight excluding hydrogens is 410 g/mol. The van der Waals surface area contributed by atoms with Gasteiger partial charge in [-0.1, -0.05) is 0 Å². The van der Waals surface area contributed by atoms with Crippen molar-refractivity contribution in [1.29, 1.82) is 0 Å². The van der Waals surface area contributed by atoms with Crippen LogP contribution in [0.4, 0.5) is 15.4 Å². The highest BCUT2D eigenvalue weighted by Gasteiger charge is 2.44. The summed E-state index contributed by atoms with van der Waals surface area (Å²) in [5.74, 6) is 0.307. The third-order valence-corrected chi connectivity index (χ3v) is 6.32. The van der Waals surface area contributed by atoms with Crippen molar-refractivity contribution < 1.29 is 22.7 Å². The Balaban J connectivity index is 1.78. The number of likely N-dealkylation sites (tertiary alicyclic amines) is 1. The molecule has 11 heteroatoms. The minimum absolute atomic E-state index is 0.256. The van der Waals surface area contributed by atoms with Crippen LogP contribution in [0.1, 0.15) is 46.1 Å². The van der Waals surface area contributed by atoms with E-state index >= 15 is 0 Å². The highest BCUT2D eigenvalue weighted by atomic mass is 32.2. The molecule has 0 bridgehead atoms. The van der Waals surface area contributed by atoms with Crippen molar-refractivity contribution in [2.75, 3.05) is 31.3 Å². The molecule has 3 heterocycles. The van der Waals surface area contributed by atoms with E-state index in [1.54, 1.807) is 16.8 Å². The topological polar surface area (TPSA) is 113 Å². The molecule has 0 radical (unpaired) electrons. The van der Waals surface area contributed by atoms with E-state index in [1.807, 2.05) is 27.7 Å². The normalized spacial score (nSPS) is 19.5. The summed E-state index contributed by atoms with van der Waals surface area (Å²) in [6, 6.07) is -0.256. The van der Waals surface area contributed by atoms with Crippen LogP contribution >= 0.6 is 0 Å². The molecule has 10 nitrogen and oxygen atoms in total. The highest BCUT2D eigenvalue weighted by Crippen LogP contribution is 2.36. The number of hydrogen-bond donors (Lipinski definition) is 0. The monoisotopic (exact) mass is 439 g/mol. The molecule has 1 fully saturated rings. The van der Waals surface area contributed by atoms with Gasteiger partial charge in [0.05, 0.1) is 6.54 Å². The summed E-state index contributed by atoms with van der Waals surface area (Å²) in [5.41, 5.74) is -0.338. The molecule has 166 valence electrons. The number of urea groups is 1. The Kier molecular flexibility index (Phi) is 5.46. The molecule has 0 unspecified atom stereocenters. The quantitative estimate of drug-likeness (QED) is 0.648. The van der Waals surface area contributed by atoms with Crippen LogP contribution in [0.5, 0.6) is 0 Å². The van der Waals surface area contributed by atoms with Gasteiger partial charge in [0.15, 0.2) is 0 Å².